The maximum Gasteiger partial charge on any atom is 0.163 e. The maximum atomic E-state index is 13.8. The summed E-state index contributed by atoms with van der Waals surface area (Å²) in [5.41, 5.74) is 6.56. The molecule has 94 valence electrons. The highest BCUT2D eigenvalue weighted by Crippen LogP contribution is 2.29. The Morgan fingerprint density at radius 1 is 1.35 bits per heavy atom. The van der Waals surface area contributed by atoms with Crippen LogP contribution in [0.5, 0.6) is 0 Å². The second kappa shape index (κ2) is 5.10. The summed E-state index contributed by atoms with van der Waals surface area (Å²) in [5, 5.41) is 0. The Bertz CT molecular complexity index is 403. The predicted octanol–water partition coefficient (Wildman–Crippen LogP) is 2.70. The van der Waals surface area contributed by atoms with E-state index in [0.29, 0.717) is 12.2 Å². The van der Waals surface area contributed by atoms with Gasteiger partial charge in [-0.1, -0.05) is 12.1 Å². The summed E-state index contributed by atoms with van der Waals surface area (Å²) >= 11 is 0. The third-order valence-electron chi connectivity index (χ3n) is 3.37. The Morgan fingerprint density at radius 3 is 2.76 bits per heavy atom. The Labute approximate surface area is 99.8 Å². The molecular formula is C13H17F2NO. The molecule has 0 saturated carbocycles. The van der Waals surface area contributed by atoms with Crippen molar-refractivity contribution in [3.8, 4) is 0 Å². The molecule has 2 nitrogen and oxygen atoms in total. The zero-order valence-electron chi connectivity index (χ0n) is 9.88. The van der Waals surface area contributed by atoms with Gasteiger partial charge in [-0.3, -0.25) is 0 Å². The fraction of sp³-hybridized carbons (Fsp3) is 0.538. The summed E-state index contributed by atoms with van der Waals surface area (Å²) in [6.45, 7) is 2.79. The Balaban J connectivity index is 2.24. The average Bonchev–Trinajstić information content (AvgIpc) is 2.36. The molecule has 0 spiro atoms. The van der Waals surface area contributed by atoms with Crippen LogP contribution in [0.2, 0.25) is 0 Å². The van der Waals surface area contributed by atoms with E-state index in [9.17, 15) is 8.78 Å². The molecular weight excluding hydrogens is 224 g/mol. The Kier molecular flexibility index (Phi) is 3.74. The lowest BCUT2D eigenvalue weighted by atomic mass is 9.88. The number of halogens is 2. The van der Waals surface area contributed by atoms with Crippen LogP contribution in [0, 0.1) is 24.5 Å². The third-order valence-corrected chi connectivity index (χ3v) is 3.37. The maximum absolute atomic E-state index is 13.8. The van der Waals surface area contributed by atoms with Crippen molar-refractivity contribution in [3.63, 3.8) is 0 Å². The van der Waals surface area contributed by atoms with Crippen LogP contribution in [0.3, 0.4) is 0 Å². The van der Waals surface area contributed by atoms with Crippen LogP contribution in [0.1, 0.15) is 30.0 Å². The van der Waals surface area contributed by atoms with Gasteiger partial charge in [0.15, 0.2) is 11.6 Å². The number of ether oxygens (including phenoxy) is 1. The van der Waals surface area contributed by atoms with Crippen LogP contribution in [-0.2, 0) is 4.74 Å². The van der Waals surface area contributed by atoms with Crippen molar-refractivity contribution < 1.29 is 13.5 Å². The predicted molar refractivity (Wildman–Crippen MR) is 61.6 cm³/mol. The lowest BCUT2D eigenvalue weighted by Crippen LogP contribution is -2.29. The summed E-state index contributed by atoms with van der Waals surface area (Å²) in [6.07, 6.45) is 1.82. The molecule has 1 aliphatic rings. The molecule has 0 aromatic heterocycles. The number of hydrogen-bond donors (Lipinski definition) is 1. The van der Waals surface area contributed by atoms with Gasteiger partial charge in [0.1, 0.15) is 0 Å². The molecule has 0 radical (unpaired) electrons. The van der Waals surface area contributed by atoms with E-state index in [4.69, 9.17) is 10.5 Å². The van der Waals surface area contributed by atoms with Gasteiger partial charge in [-0.05, 0) is 25.3 Å². The quantitative estimate of drug-likeness (QED) is 0.864. The molecule has 2 unspecified atom stereocenters. The first kappa shape index (κ1) is 12.5. The molecule has 0 bridgehead atoms. The van der Waals surface area contributed by atoms with Gasteiger partial charge in [0.2, 0.25) is 0 Å². The first-order chi connectivity index (χ1) is 8.11. The SMILES string of the molecule is Cc1ccc(C(N)C2CCCOC2)c(F)c1F. The lowest BCUT2D eigenvalue weighted by molar-refractivity contribution is 0.0442. The zero-order chi connectivity index (χ0) is 12.4. The molecule has 0 aliphatic carbocycles. The number of benzene rings is 1. The molecule has 4 heteroatoms. The van der Waals surface area contributed by atoms with Gasteiger partial charge in [-0.2, -0.15) is 0 Å². The minimum absolute atomic E-state index is 0.0698. The van der Waals surface area contributed by atoms with Gasteiger partial charge >= 0.3 is 0 Å². The topological polar surface area (TPSA) is 35.2 Å². The minimum atomic E-state index is -0.817. The number of nitrogens with two attached hydrogens (primary N) is 1. The number of rotatable bonds is 2. The number of hydrogen-bond acceptors (Lipinski definition) is 2. The second-order valence-corrected chi connectivity index (χ2v) is 4.60. The minimum Gasteiger partial charge on any atom is -0.381 e. The highest BCUT2D eigenvalue weighted by molar-refractivity contribution is 5.28. The second-order valence-electron chi connectivity index (χ2n) is 4.60. The van der Waals surface area contributed by atoms with Crippen LogP contribution >= 0.6 is 0 Å². The van der Waals surface area contributed by atoms with Crippen LogP contribution in [0.25, 0.3) is 0 Å². The van der Waals surface area contributed by atoms with E-state index < -0.39 is 17.7 Å². The Morgan fingerprint density at radius 2 is 2.12 bits per heavy atom. The van der Waals surface area contributed by atoms with Crippen molar-refractivity contribution in [2.45, 2.75) is 25.8 Å². The molecule has 1 aromatic rings. The first-order valence-electron chi connectivity index (χ1n) is 5.89. The van der Waals surface area contributed by atoms with Crippen LogP contribution in [0.4, 0.5) is 8.78 Å². The molecule has 17 heavy (non-hydrogen) atoms. The molecule has 2 atom stereocenters. The van der Waals surface area contributed by atoms with Gasteiger partial charge in [0.25, 0.3) is 0 Å². The van der Waals surface area contributed by atoms with E-state index in [0.717, 1.165) is 19.4 Å². The van der Waals surface area contributed by atoms with Gasteiger partial charge in [0.05, 0.1) is 6.61 Å². The fourth-order valence-corrected chi connectivity index (χ4v) is 2.22. The van der Waals surface area contributed by atoms with Crippen molar-refractivity contribution >= 4 is 0 Å². The van der Waals surface area contributed by atoms with Crippen LogP contribution < -0.4 is 5.73 Å². The number of aryl methyl sites for hydroxylation is 1. The largest absolute Gasteiger partial charge is 0.381 e. The summed E-state index contributed by atoms with van der Waals surface area (Å²) in [7, 11) is 0. The molecule has 1 saturated heterocycles. The van der Waals surface area contributed by atoms with Crippen molar-refractivity contribution in [1.29, 1.82) is 0 Å². The van der Waals surface area contributed by atoms with E-state index >= 15 is 0 Å². The van der Waals surface area contributed by atoms with E-state index in [2.05, 4.69) is 0 Å². The summed E-state index contributed by atoms with van der Waals surface area (Å²) in [5.74, 6) is -1.54. The van der Waals surface area contributed by atoms with Crippen molar-refractivity contribution in [1.82, 2.24) is 0 Å². The highest BCUT2D eigenvalue weighted by atomic mass is 19.2. The van der Waals surface area contributed by atoms with Crippen molar-refractivity contribution in [3.05, 3.63) is 34.9 Å². The normalized spacial score (nSPS) is 22.5. The van der Waals surface area contributed by atoms with Crippen LogP contribution in [0.15, 0.2) is 12.1 Å². The molecule has 2 N–H and O–H groups in total. The van der Waals surface area contributed by atoms with Gasteiger partial charge < -0.3 is 10.5 Å². The van der Waals surface area contributed by atoms with E-state index in [-0.39, 0.29) is 11.5 Å². The first-order valence-corrected chi connectivity index (χ1v) is 5.89. The van der Waals surface area contributed by atoms with Crippen LogP contribution in [-0.4, -0.2) is 13.2 Å². The molecule has 1 aromatic carbocycles. The molecule has 1 heterocycles. The van der Waals surface area contributed by atoms with Gasteiger partial charge in [0, 0.05) is 24.1 Å². The van der Waals surface area contributed by atoms with Gasteiger partial charge in [-0.25, -0.2) is 8.78 Å². The molecule has 0 amide bonds. The third kappa shape index (κ3) is 2.48. The molecule has 2 rings (SSSR count). The van der Waals surface area contributed by atoms with E-state index in [1.165, 1.54) is 6.92 Å². The molecule has 1 fully saturated rings. The average molecular weight is 241 g/mol. The highest BCUT2D eigenvalue weighted by Gasteiger charge is 2.26. The Hall–Kier alpha value is -1.00. The van der Waals surface area contributed by atoms with Gasteiger partial charge in [-0.15, -0.1) is 0 Å². The summed E-state index contributed by atoms with van der Waals surface area (Å²) in [6, 6.07) is 2.65. The monoisotopic (exact) mass is 241 g/mol. The standard InChI is InChI=1S/C13H17F2NO/c1-8-4-5-10(12(15)11(8)14)13(16)9-3-2-6-17-7-9/h4-5,9,13H,2-3,6-7,16H2,1H3. The van der Waals surface area contributed by atoms with Crippen molar-refractivity contribution in [2.24, 2.45) is 11.7 Å². The fourth-order valence-electron chi connectivity index (χ4n) is 2.22. The zero-order valence-corrected chi connectivity index (χ0v) is 9.88. The summed E-state index contributed by atoms with van der Waals surface area (Å²) < 4.78 is 32.6. The van der Waals surface area contributed by atoms with Crippen molar-refractivity contribution in [2.75, 3.05) is 13.2 Å². The van der Waals surface area contributed by atoms with E-state index in [1.54, 1.807) is 12.1 Å². The summed E-state index contributed by atoms with van der Waals surface area (Å²) in [4.78, 5) is 0. The van der Waals surface area contributed by atoms with E-state index in [1.807, 2.05) is 0 Å². The smallest absolute Gasteiger partial charge is 0.163 e. The molecule has 1 aliphatic heterocycles. The lowest BCUT2D eigenvalue weighted by Gasteiger charge is -2.28.